The van der Waals surface area contributed by atoms with E-state index in [0.29, 0.717) is 6.54 Å². The summed E-state index contributed by atoms with van der Waals surface area (Å²) in [6, 6.07) is 28.4. The first-order chi connectivity index (χ1) is 12.2. The molecule has 3 nitrogen and oxygen atoms in total. The number of rotatable bonds is 7. The molecule has 0 fully saturated rings. The lowest BCUT2D eigenvalue weighted by Gasteiger charge is -2.21. The predicted molar refractivity (Wildman–Crippen MR) is 104 cm³/mol. The maximum absolute atomic E-state index is 10.3. The van der Waals surface area contributed by atoms with Crippen LogP contribution in [0.5, 0.6) is 0 Å². The Balaban J connectivity index is 1.54. The molecule has 0 saturated heterocycles. The number of hydrogen-bond acceptors (Lipinski definition) is 3. The fourth-order valence-electron chi connectivity index (χ4n) is 2.83. The molecule has 3 heteroatoms. The van der Waals surface area contributed by atoms with Crippen LogP contribution in [0.15, 0.2) is 84.9 Å². The van der Waals surface area contributed by atoms with E-state index in [-0.39, 0.29) is 0 Å². The summed E-state index contributed by atoms with van der Waals surface area (Å²) in [6.45, 7) is 1.41. The lowest BCUT2D eigenvalue weighted by atomic mass is 10.1. The van der Waals surface area contributed by atoms with E-state index in [2.05, 4.69) is 34.5 Å². The zero-order chi connectivity index (χ0) is 17.5. The molecule has 0 aliphatic carbocycles. The van der Waals surface area contributed by atoms with Gasteiger partial charge in [-0.3, -0.25) is 4.90 Å². The minimum atomic E-state index is -0.467. The minimum Gasteiger partial charge on any atom is -0.387 e. The van der Waals surface area contributed by atoms with E-state index in [1.165, 1.54) is 5.56 Å². The normalized spacial score (nSPS) is 12.1. The number of hydrogen-bond donors (Lipinski definition) is 2. The molecule has 0 amide bonds. The fraction of sp³-hybridized carbons (Fsp3) is 0.182. The Hall–Kier alpha value is -2.62. The van der Waals surface area contributed by atoms with Gasteiger partial charge in [-0.25, -0.2) is 0 Å². The molecule has 3 rings (SSSR count). The predicted octanol–water partition coefficient (Wildman–Crippen LogP) is 4.60. The molecular weight excluding hydrogens is 308 g/mol. The van der Waals surface area contributed by atoms with E-state index < -0.39 is 6.10 Å². The van der Waals surface area contributed by atoms with Gasteiger partial charge in [0.25, 0.3) is 0 Å². The van der Waals surface area contributed by atoms with E-state index >= 15 is 0 Å². The van der Waals surface area contributed by atoms with Crippen LogP contribution >= 0.6 is 0 Å². The average Bonchev–Trinajstić information content (AvgIpc) is 2.65. The Morgan fingerprint density at radius 3 is 2.00 bits per heavy atom. The van der Waals surface area contributed by atoms with Crippen molar-refractivity contribution in [1.82, 2.24) is 4.90 Å². The number of aliphatic hydroxyl groups excluding tert-OH is 1. The molecule has 0 aromatic heterocycles. The molecule has 3 aromatic rings. The summed E-state index contributed by atoms with van der Waals surface area (Å²) < 4.78 is 0. The van der Waals surface area contributed by atoms with Gasteiger partial charge in [0, 0.05) is 24.5 Å². The summed E-state index contributed by atoms with van der Waals surface area (Å²) in [5.74, 6) is 0. The highest BCUT2D eigenvalue weighted by Crippen LogP contribution is 2.18. The standard InChI is InChI=1S/C22H24N2O/c1-24(17-22(25)19-8-4-2-5-9-19)16-18-12-14-21(15-13-18)23-20-10-6-3-7-11-20/h2-15,22-23,25H,16-17H2,1H3/t22-/m1/s1. The molecule has 0 heterocycles. The summed E-state index contributed by atoms with van der Waals surface area (Å²) in [5.41, 5.74) is 4.33. The molecule has 1 atom stereocenters. The third kappa shape index (κ3) is 5.18. The van der Waals surface area contributed by atoms with Gasteiger partial charge in [0.05, 0.1) is 6.10 Å². The second-order valence-corrected chi connectivity index (χ2v) is 6.31. The van der Waals surface area contributed by atoms with Crippen molar-refractivity contribution in [1.29, 1.82) is 0 Å². The number of nitrogens with one attached hydrogen (secondary N) is 1. The molecule has 0 unspecified atom stereocenters. The van der Waals surface area contributed by atoms with Crippen molar-refractivity contribution >= 4 is 11.4 Å². The number of aliphatic hydroxyl groups is 1. The van der Waals surface area contributed by atoms with Crippen molar-refractivity contribution in [2.24, 2.45) is 0 Å². The summed E-state index contributed by atoms with van der Waals surface area (Å²) in [6.07, 6.45) is -0.467. The number of para-hydroxylation sites is 1. The first-order valence-corrected chi connectivity index (χ1v) is 8.53. The topological polar surface area (TPSA) is 35.5 Å². The zero-order valence-corrected chi connectivity index (χ0v) is 14.5. The second-order valence-electron chi connectivity index (χ2n) is 6.31. The first kappa shape index (κ1) is 17.2. The third-order valence-corrected chi connectivity index (χ3v) is 4.14. The number of anilines is 2. The second kappa shape index (κ2) is 8.47. The molecular formula is C22H24N2O. The zero-order valence-electron chi connectivity index (χ0n) is 14.5. The summed E-state index contributed by atoms with van der Waals surface area (Å²) in [5, 5.41) is 13.7. The Kier molecular flexibility index (Phi) is 5.83. The van der Waals surface area contributed by atoms with Gasteiger partial charge in [0.2, 0.25) is 0 Å². The SMILES string of the molecule is CN(Cc1ccc(Nc2ccccc2)cc1)C[C@@H](O)c1ccccc1. The summed E-state index contributed by atoms with van der Waals surface area (Å²) in [7, 11) is 2.03. The highest BCUT2D eigenvalue weighted by molar-refractivity contribution is 5.59. The van der Waals surface area contributed by atoms with Crippen molar-refractivity contribution in [2.45, 2.75) is 12.6 Å². The molecule has 0 bridgehead atoms. The van der Waals surface area contributed by atoms with E-state index in [1.807, 2.05) is 67.7 Å². The summed E-state index contributed by atoms with van der Waals surface area (Å²) >= 11 is 0. The Bertz CT molecular complexity index is 757. The number of likely N-dealkylation sites (N-methyl/N-ethyl adjacent to an activating group) is 1. The van der Waals surface area contributed by atoms with Gasteiger partial charge < -0.3 is 10.4 Å². The molecule has 0 aliphatic heterocycles. The molecule has 3 aromatic carbocycles. The highest BCUT2D eigenvalue weighted by Gasteiger charge is 2.10. The van der Waals surface area contributed by atoms with E-state index in [9.17, 15) is 5.11 Å². The molecule has 128 valence electrons. The van der Waals surface area contributed by atoms with E-state index in [4.69, 9.17) is 0 Å². The van der Waals surface area contributed by atoms with E-state index in [1.54, 1.807) is 0 Å². The van der Waals surface area contributed by atoms with Crippen LogP contribution in [0.3, 0.4) is 0 Å². The van der Waals surface area contributed by atoms with Gasteiger partial charge in [-0.05, 0) is 42.4 Å². The third-order valence-electron chi connectivity index (χ3n) is 4.14. The number of nitrogens with zero attached hydrogens (tertiary/aromatic N) is 1. The van der Waals surface area contributed by atoms with Crippen molar-refractivity contribution < 1.29 is 5.11 Å². The lowest BCUT2D eigenvalue weighted by molar-refractivity contribution is 0.124. The Morgan fingerprint density at radius 2 is 1.36 bits per heavy atom. The van der Waals surface area contributed by atoms with Crippen molar-refractivity contribution in [3.63, 3.8) is 0 Å². The monoisotopic (exact) mass is 332 g/mol. The van der Waals surface area contributed by atoms with Crippen LogP contribution in [0.4, 0.5) is 11.4 Å². The van der Waals surface area contributed by atoms with Crippen LogP contribution < -0.4 is 5.32 Å². The van der Waals surface area contributed by atoms with Crippen molar-refractivity contribution in [3.8, 4) is 0 Å². The molecule has 0 spiro atoms. The van der Waals surface area contributed by atoms with Crippen LogP contribution in [-0.2, 0) is 6.54 Å². The Morgan fingerprint density at radius 1 is 0.800 bits per heavy atom. The van der Waals surface area contributed by atoms with Gasteiger partial charge in [-0.15, -0.1) is 0 Å². The van der Waals surface area contributed by atoms with Crippen LogP contribution in [0.25, 0.3) is 0 Å². The van der Waals surface area contributed by atoms with Gasteiger partial charge in [0.1, 0.15) is 0 Å². The van der Waals surface area contributed by atoms with Crippen LogP contribution in [0.2, 0.25) is 0 Å². The molecule has 0 saturated carbocycles. The molecule has 0 radical (unpaired) electrons. The first-order valence-electron chi connectivity index (χ1n) is 8.53. The highest BCUT2D eigenvalue weighted by atomic mass is 16.3. The molecule has 2 N–H and O–H groups in total. The van der Waals surface area contributed by atoms with Crippen LogP contribution in [0, 0.1) is 0 Å². The smallest absolute Gasteiger partial charge is 0.0916 e. The minimum absolute atomic E-state index is 0.467. The quantitative estimate of drug-likeness (QED) is 0.664. The van der Waals surface area contributed by atoms with Crippen LogP contribution in [-0.4, -0.2) is 23.6 Å². The van der Waals surface area contributed by atoms with Gasteiger partial charge in [-0.2, -0.15) is 0 Å². The summed E-state index contributed by atoms with van der Waals surface area (Å²) in [4.78, 5) is 2.14. The van der Waals surface area contributed by atoms with Crippen LogP contribution in [0.1, 0.15) is 17.2 Å². The Labute approximate surface area is 149 Å². The maximum atomic E-state index is 10.3. The van der Waals surface area contributed by atoms with Gasteiger partial charge >= 0.3 is 0 Å². The van der Waals surface area contributed by atoms with Crippen molar-refractivity contribution in [2.75, 3.05) is 18.9 Å². The van der Waals surface area contributed by atoms with Gasteiger partial charge in [-0.1, -0.05) is 60.7 Å². The fourth-order valence-corrected chi connectivity index (χ4v) is 2.83. The van der Waals surface area contributed by atoms with Crippen molar-refractivity contribution in [3.05, 3.63) is 96.1 Å². The molecule has 0 aliphatic rings. The lowest BCUT2D eigenvalue weighted by Crippen LogP contribution is -2.24. The van der Waals surface area contributed by atoms with E-state index in [0.717, 1.165) is 23.5 Å². The van der Waals surface area contributed by atoms with Gasteiger partial charge in [0.15, 0.2) is 0 Å². The maximum Gasteiger partial charge on any atom is 0.0916 e. The average molecular weight is 332 g/mol. The number of benzene rings is 3. The largest absolute Gasteiger partial charge is 0.387 e. The molecule has 25 heavy (non-hydrogen) atoms.